The minimum atomic E-state index is -0.280. The standard InChI is InChI=1S/C19H23N5O/c1-10(2)15-19(25)23-16-17(22-15)20-12(4)21-18(16)24-11(3)9-13-7-5-6-8-14(13)24/h5-8,10-11,15H,9H2,1-4H3,(H,23,25)(H,20,21,22). The van der Waals surface area contributed by atoms with Gasteiger partial charge in [-0.3, -0.25) is 4.79 Å². The molecule has 2 aliphatic heterocycles. The maximum Gasteiger partial charge on any atom is 0.247 e. The smallest absolute Gasteiger partial charge is 0.247 e. The van der Waals surface area contributed by atoms with Gasteiger partial charge >= 0.3 is 0 Å². The van der Waals surface area contributed by atoms with Crippen LogP contribution in [-0.4, -0.2) is 28.0 Å². The van der Waals surface area contributed by atoms with Crippen molar-refractivity contribution in [2.75, 3.05) is 15.5 Å². The molecule has 130 valence electrons. The van der Waals surface area contributed by atoms with Crippen LogP contribution >= 0.6 is 0 Å². The second-order valence-corrected chi connectivity index (χ2v) is 7.23. The van der Waals surface area contributed by atoms with Crippen molar-refractivity contribution in [3.63, 3.8) is 0 Å². The summed E-state index contributed by atoms with van der Waals surface area (Å²) in [6, 6.07) is 8.35. The van der Waals surface area contributed by atoms with Gasteiger partial charge in [-0.1, -0.05) is 32.0 Å². The van der Waals surface area contributed by atoms with E-state index >= 15 is 0 Å². The number of nitrogens with one attached hydrogen (secondary N) is 2. The third-order valence-corrected chi connectivity index (χ3v) is 4.93. The molecule has 2 aliphatic rings. The lowest BCUT2D eigenvalue weighted by atomic mass is 10.0. The molecule has 0 saturated carbocycles. The second-order valence-electron chi connectivity index (χ2n) is 7.23. The Morgan fingerprint density at radius 3 is 2.76 bits per heavy atom. The molecule has 4 rings (SSSR count). The molecule has 6 nitrogen and oxygen atoms in total. The van der Waals surface area contributed by atoms with Crippen LogP contribution in [0.25, 0.3) is 0 Å². The van der Waals surface area contributed by atoms with Crippen LogP contribution in [-0.2, 0) is 11.2 Å². The molecule has 2 aromatic rings. The number of rotatable bonds is 2. The molecular weight excluding hydrogens is 314 g/mol. The summed E-state index contributed by atoms with van der Waals surface area (Å²) < 4.78 is 0. The fraction of sp³-hybridized carbons (Fsp3) is 0.421. The number of amides is 1. The Labute approximate surface area is 147 Å². The number of aryl methyl sites for hydroxylation is 1. The van der Waals surface area contributed by atoms with Crippen LogP contribution in [0, 0.1) is 12.8 Å². The molecule has 0 aliphatic carbocycles. The third kappa shape index (κ3) is 2.52. The van der Waals surface area contributed by atoms with Gasteiger partial charge in [-0.15, -0.1) is 0 Å². The first kappa shape index (κ1) is 15.9. The summed E-state index contributed by atoms with van der Waals surface area (Å²) >= 11 is 0. The molecule has 0 radical (unpaired) electrons. The Hall–Kier alpha value is -2.63. The van der Waals surface area contributed by atoms with Crippen molar-refractivity contribution in [1.82, 2.24) is 9.97 Å². The van der Waals surface area contributed by atoms with Crippen molar-refractivity contribution >= 4 is 28.9 Å². The maximum atomic E-state index is 12.5. The Balaban J connectivity index is 1.84. The van der Waals surface area contributed by atoms with Gasteiger partial charge < -0.3 is 15.5 Å². The van der Waals surface area contributed by atoms with E-state index in [0.29, 0.717) is 17.3 Å². The van der Waals surface area contributed by atoms with E-state index in [1.165, 1.54) is 5.56 Å². The quantitative estimate of drug-likeness (QED) is 0.880. The molecule has 6 heteroatoms. The van der Waals surface area contributed by atoms with E-state index in [1.807, 2.05) is 26.8 Å². The Bertz CT molecular complexity index is 848. The fourth-order valence-corrected chi connectivity index (χ4v) is 3.72. The first-order chi connectivity index (χ1) is 12.0. The summed E-state index contributed by atoms with van der Waals surface area (Å²) in [5, 5.41) is 6.35. The summed E-state index contributed by atoms with van der Waals surface area (Å²) in [7, 11) is 0. The van der Waals surface area contributed by atoms with Crippen LogP contribution in [0.1, 0.15) is 32.2 Å². The Morgan fingerprint density at radius 1 is 1.24 bits per heavy atom. The summed E-state index contributed by atoms with van der Waals surface area (Å²) in [4.78, 5) is 24.0. The highest BCUT2D eigenvalue weighted by molar-refractivity contribution is 6.05. The predicted octanol–water partition coefficient (Wildman–Crippen LogP) is 3.26. The van der Waals surface area contributed by atoms with Crippen LogP contribution in [0.4, 0.5) is 23.0 Å². The molecule has 1 amide bonds. The molecule has 1 aromatic heterocycles. The highest BCUT2D eigenvalue weighted by Crippen LogP contribution is 2.43. The van der Waals surface area contributed by atoms with Gasteiger partial charge in [0.2, 0.25) is 5.91 Å². The van der Waals surface area contributed by atoms with E-state index in [1.54, 1.807) is 0 Å². The van der Waals surface area contributed by atoms with Gasteiger partial charge in [0.15, 0.2) is 11.6 Å². The zero-order chi connectivity index (χ0) is 17.7. The van der Waals surface area contributed by atoms with Crippen molar-refractivity contribution in [1.29, 1.82) is 0 Å². The van der Waals surface area contributed by atoms with E-state index in [9.17, 15) is 4.79 Å². The predicted molar refractivity (Wildman–Crippen MR) is 99.4 cm³/mol. The van der Waals surface area contributed by atoms with Crippen LogP contribution in [0.15, 0.2) is 24.3 Å². The summed E-state index contributed by atoms with van der Waals surface area (Å²) in [5.74, 6) is 2.31. The van der Waals surface area contributed by atoms with E-state index in [-0.39, 0.29) is 23.9 Å². The Kier molecular flexibility index (Phi) is 3.63. The maximum absolute atomic E-state index is 12.5. The van der Waals surface area contributed by atoms with Crippen LogP contribution in [0.3, 0.4) is 0 Å². The summed E-state index contributed by atoms with van der Waals surface area (Å²) in [6.45, 7) is 8.11. The topological polar surface area (TPSA) is 70.2 Å². The number of nitrogens with zero attached hydrogens (tertiary/aromatic N) is 3. The molecule has 0 fully saturated rings. The zero-order valence-corrected chi connectivity index (χ0v) is 15.0. The number of benzene rings is 1. The van der Waals surface area contributed by atoms with Crippen molar-refractivity contribution in [2.45, 2.75) is 46.2 Å². The molecule has 0 bridgehead atoms. The first-order valence-corrected chi connectivity index (χ1v) is 8.79. The highest BCUT2D eigenvalue weighted by Gasteiger charge is 2.35. The normalized spacial score (nSPS) is 21.6. The number of aromatic nitrogens is 2. The van der Waals surface area contributed by atoms with Crippen molar-refractivity contribution in [3.8, 4) is 0 Å². The minimum Gasteiger partial charge on any atom is -0.356 e. The SMILES string of the molecule is Cc1nc2c(c(N3c4ccccc4CC3C)n1)NC(=O)C(C(C)C)N2. The zero-order valence-electron chi connectivity index (χ0n) is 15.0. The molecule has 2 unspecified atom stereocenters. The monoisotopic (exact) mass is 337 g/mol. The van der Waals surface area contributed by atoms with Crippen molar-refractivity contribution < 1.29 is 4.79 Å². The molecule has 3 heterocycles. The molecule has 2 N–H and O–H groups in total. The fourth-order valence-electron chi connectivity index (χ4n) is 3.72. The Morgan fingerprint density at radius 2 is 2.00 bits per heavy atom. The van der Waals surface area contributed by atoms with Gasteiger partial charge in [0.05, 0.1) is 0 Å². The molecule has 2 atom stereocenters. The second kappa shape index (κ2) is 5.72. The van der Waals surface area contributed by atoms with Gasteiger partial charge in [-0.2, -0.15) is 0 Å². The van der Waals surface area contributed by atoms with Gasteiger partial charge in [0, 0.05) is 11.7 Å². The number of para-hydroxylation sites is 1. The number of fused-ring (bicyclic) bond motifs is 2. The molecule has 0 saturated heterocycles. The largest absolute Gasteiger partial charge is 0.356 e. The average molecular weight is 337 g/mol. The molecule has 0 spiro atoms. The number of carbonyl (C=O) groups is 1. The van der Waals surface area contributed by atoms with Gasteiger partial charge in [-0.05, 0) is 37.8 Å². The van der Waals surface area contributed by atoms with Crippen molar-refractivity contribution in [3.05, 3.63) is 35.7 Å². The molecule has 25 heavy (non-hydrogen) atoms. The summed E-state index contributed by atoms with van der Waals surface area (Å²) in [5.41, 5.74) is 3.13. The average Bonchev–Trinajstić information content (AvgIpc) is 2.89. The van der Waals surface area contributed by atoms with Crippen LogP contribution in [0.2, 0.25) is 0 Å². The summed E-state index contributed by atoms with van der Waals surface area (Å²) in [6.07, 6.45) is 0.962. The van der Waals surface area contributed by atoms with Crippen molar-refractivity contribution in [2.24, 2.45) is 5.92 Å². The molecular formula is C19H23N5O. The van der Waals surface area contributed by atoms with Crippen LogP contribution in [0.5, 0.6) is 0 Å². The lowest BCUT2D eigenvalue weighted by Gasteiger charge is -2.33. The number of hydrogen-bond acceptors (Lipinski definition) is 5. The van der Waals surface area contributed by atoms with E-state index < -0.39 is 0 Å². The van der Waals surface area contributed by atoms with E-state index in [2.05, 4.69) is 50.6 Å². The highest BCUT2D eigenvalue weighted by atomic mass is 16.2. The lowest BCUT2D eigenvalue weighted by Crippen LogP contribution is -2.43. The number of anilines is 4. The van der Waals surface area contributed by atoms with Gasteiger partial charge in [-0.25, -0.2) is 9.97 Å². The molecule has 1 aromatic carbocycles. The van der Waals surface area contributed by atoms with E-state index in [4.69, 9.17) is 0 Å². The lowest BCUT2D eigenvalue weighted by molar-refractivity contribution is -0.117. The number of carbonyl (C=O) groups excluding carboxylic acids is 1. The van der Waals surface area contributed by atoms with Gasteiger partial charge in [0.1, 0.15) is 17.6 Å². The number of hydrogen-bond donors (Lipinski definition) is 2. The van der Waals surface area contributed by atoms with E-state index in [0.717, 1.165) is 17.9 Å². The third-order valence-electron chi connectivity index (χ3n) is 4.93. The van der Waals surface area contributed by atoms with Crippen LogP contribution < -0.4 is 15.5 Å². The first-order valence-electron chi connectivity index (χ1n) is 8.79. The minimum absolute atomic E-state index is 0.0312. The van der Waals surface area contributed by atoms with Gasteiger partial charge in [0.25, 0.3) is 0 Å².